The second-order valence-corrected chi connectivity index (χ2v) is 4.55. The third kappa shape index (κ3) is 5.14. The lowest BCUT2D eigenvalue weighted by atomic mass is 10.1. The average Bonchev–Trinajstić information content (AvgIpc) is 2.32. The van der Waals surface area contributed by atoms with Crippen molar-refractivity contribution in [3.05, 3.63) is 28.0 Å². The van der Waals surface area contributed by atoms with Gasteiger partial charge in [0.2, 0.25) is 0 Å². The maximum Gasteiger partial charge on any atom is 0.254 e. The van der Waals surface area contributed by atoms with Gasteiger partial charge in [0.05, 0.1) is 18.8 Å². The van der Waals surface area contributed by atoms with E-state index in [-0.39, 0.29) is 17.7 Å². The highest BCUT2D eigenvalue weighted by Gasteiger charge is 2.14. The second kappa shape index (κ2) is 8.09. The topological polar surface area (TPSA) is 71.5 Å². The molecule has 0 fully saturated rings. The third-order valence-corrected chi connectivity index (χ3v) is 2.79. The molecule has 2 N–H and O–H groups in total. The van der Waals surface area contributed by atoms with Gasteiger partial charge in [-0.2, -0.15) is 0 Å². The molecule has 0 atom stereocenters. The summed E-state index contributed by atoms with van der Waals surface area (Å²) < 4.78 is 5.09. The van der Waals surface area contributed by atoms with Crippen LogP contribution in [0.25, 0.3) is 0 Å². The summed E-state index contributed by atoms with van der Waals surface area (Å²) in [4.78, 5) is 16.0. The van der Waals surface area contributed by atoms with E-state index in [0.717, 1.165) is 11.3 Å². The van der Waals surface area contributed by atoms with E-state index in [1.807, 2.05) is 19.9 Å². The molecule has 0 aliphatic rings. The molecular formula is C13H19ClN2O3. The number of rotatable bonds is 7. The molecule has 1 heterocycles. The molecule has 0 saturated heterocycles. The molecule has 0 aliphatic carbocycles. The number of aliphatic hydroxyl groups excluding tert-OH is 1. The molecule has 1 aromatic heterocycles. The number of hydrogen-bond acceptors (Lipinski definition) is 4. The number of nitrogens with one attached hydrogen (secondary N) is 1. The minimum absolute atomic E-state index is 0.0101. The van der Waals surface area contributed by atoms with Gasteiger partial charge in [0.15, 0.2) is 0 Å². The van der Waals surface area contributed by atoms with Gasteiger partial charge in [-0.25, -0.2) is 4.98 Å². The summed E-state index contributed by atoms with van der Waals surface area (Å²) >= 11 is 5.99. The first kappa shape index (κ1) is 15.9. The van der Waals surface area contributed by atoms with Gasteiger partial charge in [0, 0.05) is 18.8 Å². The van der Waals surface area contributed by atoms with E-state index in [4.69, 9.17) is 21.4 Å². The number of carbonyl (C=O) groups excluding carboxylic acids is 1. The largest absolute Gasteiger partial charge is 0.394 e. The summed E-state index contributed by atoms with van der Waals surface area (Å²) in [5.74, 6) is -0.225. The van der Waals surface area contributed by atoms with E-state index in [2.05, 4.69) is 10.3 Å². The van der Waals surface area contributed by atoms with Gasteiger partial charge >= 0.3 is 0 Å². The predicted octanol–water partition coefficient (Wildman–Crippen LogP) is 1.48. The molecule has 0 aromatic carbocycles. The number of ether oxygens (including phenoxy) is 1. The molecule has 0 bridgehead atoms. The summed E-state index contributed by atoms with van der Waals surface area (Å²) in [6, 6.07) is 1.82. The van der Waals surface area contributed by atoms with Crippen LogP contribution in [0.15, 0.2) is 6.07 Å². The number of nitrogens with zero attached hydrogens (tertiary/aromatic N) is 1. The van der Waals surface area contributed by atoms with Gasteiger partial charge in [-0.1, -0.05) is 11.6 Å². The lowest BCUT2D eigenvalue weighted by Gasteiger charge is -2.10. The Morgan fingerprint density at radius 1 is 1.47 bits per heavy atom. The number of carbonyl (C=O) groups is 1. The number of pyridine rings is 1. The van der Waals surface area contributed by atoms with Crippen molar-refractivity contribution in [1.29, 1.82) is 0 Å². The molecule has 1 aromatic rings. The Morgan fingerprint density at radius 3 is 2.84 bits per heavy atom. The summed E-state index contributed by atoms with van der Waals surface area (Å²) in [7, 11) is 0. The fourth-order valence-corrected chi connectivity index (χ4v) is 2.06. The summed E-state index contributed by atoms with van der Waals surface area (Å²) in [5, 5.41) is 11.5. The van der Waals surface area contributed by atoms with E-state index >= 15 is 0 Å². The molecule has 0 spiro atoms. The number of amides is 1. The molecule has 19 heavy (non-hydrogen) atoms. The molecule has 0 radical (unpaired) electrons. The summed E-state index contributed by atoms with van der Waals surface area (Å²) in [5.41, 5.74) is 2.02. The van der Waals surface area contributed by atoms with Crippen molar-refractivity contribution < 1.29 is 14.6 Å². The zero-order chi connectivity index (χ0) is 14.3. The lowest BCUT2D eigenvalue weighted by molar-refractivity contribution is 0.0867. The van der Waals surface area contributed by atoms with Gasteiger partial charge in [-0.05, 0) is 31.9 Å². The first-order valence-corrected chi connectivity index (χ1v) is 6.54. The maximum atomic E-state index is 12.0. The van der Waals surface area contributed by atoms with E-state index in [1.165, 1.54) is 0 Å². The normalized spacial score (nSPS) is 10.5. The lowest BCUT2D eigenvalue weighted by Crippen LogP contribution is -2.26. The standard InChI is InChI=1S/C13H19ClN2O3/c1-9-8-10(2)16-12(14)11(9)13(18)15-4-3-6-19-7-5-17/h8,17H,3-7H2,1-2H3,(H,15,18). The number of aryl methyl sites for hydroxylation is 2. The Bertz CT molecular complexity index is 415. The highest BCUT2D eigenvalue weighted by atomic mass is 35.5. The smallest absolute Gasteiger partial charge is 0.254 e. The zero-order valence-corrected chi connectivity index (χ0v) is 12.0. The van der Waals surface area contributed by atoms with Crippen molar-refractivity contribution in [3.63, 3.8) is 0 Å². The van der Waals surface area contributed by atoms with Crippen molar-refractivity contribution in [2.45, 2.75) is 20.3 Å². The highest BCUT2D eigenvalue weighted by molar-refractivity contribution is 6.32. The van der Waals surface area contributed by atoms with Crippen LogP contribution in [-0.4, -0.2) is 42.4 Å². The number of halogens is 1. The van der Waals surface area contributed by atoms with Crippen LogP contribution in [0.1, 0.15) is 28.0 Å². The minimum Gasteiger partial charge on any atom is -0.394 e. The summed E-state index contributed by atoms with van der Waals surface area (Å²) in [6.07, 6.45) is 0.682. The first-order valence-electron chi connectivity index (χ1n) is 6.16. The molecule has 0 unspecified atom stereocenters. The average molecular weight is 287 g/mol. The molecule has 106 valence electrons. The van der Waals surface area contributed by atoms with Crippen LogP contribution in [0.2, 0.25) is 5.15 Å². The van der Waals surface area contributed by atoms with Gasteiger partial charge in [-0.15, -0.1) is 0 Å². The Morgan fingerprint density at radius 2 is 2.21 bits per heavy atom. The van der Waals surface area contributed by atoms with Gasteiger partial charge in [0.1, 0.15) is 5.15 Å². The predicted molar refractivity (Wildman–Crippen MR) is 73.6 cm³/mol. The van der Waals surface area contributed by atoms with Crippen LogP contribution >= 0.6 is 11.6 Å². The SMILES string of the molecule is Cc1cc(C)c(C(=O)NCCCOCCO)c(Cl)n1. The van der Waals surface area contributed by atoms with Crippen LogP contribution in [-0.2, 0) is 4.74 Å². The van der Waals surface area contributed by atoms with Crippen molar-refractivity contribution in [3.8, 4) is 0 Å². The summed E-state index contributed by atoms with van der Waals surface area (Å²) in [6.45, 7) is 4.99. The zero-order valence-electron chi connectivity index (χ0n) is 11.2. The van der Waals surface area contributed by atoms with Gasteiger partial charge < -0.3 is 15.2 Å². The first-order chi connectivity index (χ1) is 9.06. The Labute approximate surface area is 117 Å². The molecule has 6 heteroatoms. The van der Waals surface area contributed by atoms with E-state index < -0.39 is 0 Å². The molecule has 0 aliphatic heterocycles. The monoisotopic (exact) mass is 286 g/mol. The van der Waals surface area contributed by atoms with Gasteiger partial charge in [0.25, 0.3) is 5.91 Å². The van der Waals surface area contributed by atoms with Crippen LogP contribution in [0.5, 0.6) is 0 Å². The highest BCUT2D eigenvalue weighted by Crippen LogP contribution is 2.18. The number of hydrogen-bond donors (Lipinski definition) is 2. The number of aromatic nitrogens is 1. The third-order valence-electron chi connectivity index (χ3n) is 2.51. The molecule has 0 saturated carbocycles. The quantitative estimate of drug-likeness (QED) is 0.588. The maximum absolute atomic E-state index is 12.0. The van der Waals surface area contributed by atoms with Crippen molar-refractivity contribution >= 4 is 17.5 Å². The molecular weight excluding hydrogens is 268 g/mol. The van der Waals surface area contributed by atoms with Crippen LogP contribution in [0, 0.1) is 13.8 Å². The molecule has 1 amide bonds. The molecule has 5 nitrogen and oxygen atoms in total. The van der Waals surface area contributed by atoms with E-state index in [0.29, 0.717) is 31.7 Å². The van der Waals surface area contributed by atoms with Crippen molar-refractivity contribution in [2.75, 3.05) is 26.4 Å². The fraction of sp³-hybridized carbons (Fsp3) is 0.538. The van der Waals surface area contributed by atoms with Crippen molar-refractivity contribution in [2.24, 2.45) is 0 Å². The fourth-order valence-electron chi connectivity index (χ4n) is 1.70. The Balaban J connectivity index is 2.46. The Kier molecular flexibility index (Phi) is 6.77. The van der Waals surface area contributed by atoms with Crippen LogP contribution < -0.4 is 5.32 Å². The van der Waals surface area contributed by atoms with Crippen LogP contribution in [0.4, 0.5) is 0 Å². The van der Waals surface area contributed by atoms with Crippen LogP contribution in [0.3, 0.4) is 0 Å². The van der Waals surface area contributed by atoms with E-state index in [9.17, 15) is 4.79 Å². The minimum atomic E-state index is -0.225. The van der Waals surface area contributed by atoms with Gasteiger partial charge in [-0.3, -0.25) is 4.79 Å². The second-order valence-electron chi connectivity index (χ2n) is 4.19. The van der Waals surface area contributed by atoms with Crippen molar-refractivity contribution in [1.82, 2.24) is 10.3 Å². The van der Waals surface area contributed by atoms with E-state index in [1.54, 1.807) is 0 Å². The Hall–Kier alpha value is -1.17. The molecule has 1 rings (SSSR count). The number of aliphatic hydroxyl groups is 1.